The molecule has 0 spiro atoms. The van der Waals surface area contributed by atoms with Gasteiger partial charge >= 0.3 is 6.18 Å². The minimum Gasteiger partial charge on any atom is -0.366 e. The van der Waals surface area contributed by atoms with Crippen molar-refractivity contribution in [3.05, 3.63) is 76.2 Å². The fraction of sp³-hybridized carbons (Fsp3) is 0.296. The van der Waals surface area contributed by atoms with Crippen molar-refractivity contribution >= 4 is 23.5 Å². The van der Waals surface area contributed by atoms with Crippen LogP contribution in [0.3, 0.4) is 0 Å². The van der Waals surface area contributed by atoms with E-state index in [1.165, 1.54) is 30.6 Å². The summed E-state index contributed by atoms with van der Waals surface area (Å²) in [7, 11) is 1.99. The predicted octanol–water partition coefficient (Wildman–Crippen LogP) is 3.66. The second kappa shape index (κ2) is 10.7. The van der Waals surface area contributed by atoms with Crippen LogP contribution in [-0.2, 0) is 12.7 Å². The van der Waals surface area contributed by atoms with Crippen LogP contribution in [0, 0.1) is 11.8 Å². The molecule has 1 saturated heterocycles. The normalized spacial score (nSPS) is 15.8. The molecule has 3 aromatic rings. The average molecular weight is 522 g/mol. The third kappa shape index (κ3) is 5.88. The molecule has 1 amide bonds. The van der Waals surface area contributed by atoms with E-state index in [1.807, 2.05) is 24.1 Å². The summed E-state index contributed by atoms with van der Waals surface area (Å²) in [4.78, 5) is 21.1. The number of H-pyrrole nitrogens is 1. The summed E-state index contributed by atoms with van der Waals surface area (Å²) in [5.41, 5.74) is 1.54. The number of rotatable bonds is 4. The maximum absolute atomic E-state index is 13.9. The van der Waals surface area contributed by atoms with Gasteiger partial charge in [0.05, 0.1) is 16.7 Å². The Hall–Kier alpha value is -4.14. The Kier molecular flexibility index (Phi) is 7.18. The van der Waals surface area contributed by atoms with Gasteiger partial charge in [0.1, 0.15) is 11.5 Å². The molecule has 0 bridgehead atoms. The molecule has 2 aromatic heterocycles. The molecule has 2 aliphatic rings. The number of pyridine rings is 1. The molecule has 0 saturated carbocycles. The number of fused-ring (bicyclic) bond motifs is 1. The number of benzene rings is 1. The molecule has 5 rings (SSSR count). The van der Waals surface area contributed by atoms with Crippen LogP contribution in [0.15, 0.2) is 42.7 Å². The van der Waals surface area contributed by atoms with E-state index in [-0.39, 0.29) is 23.4 Å². The number of aromatic nitrogens is 3. The number of piperazine rings is 1. The fourth-order valence-corrected chi connectivity index (χ4v) is 4.35. The molecule has 0 unspecified atom stereocenters. The highest BCUT2D eigenvalue weighted by Crippen LogP contribution is 2.34. The van der Waals surface area contributed by atoms with E-state index in [0.717, 1.165) is 30.5 Å². The van der Waals surface area contributed by atoms with Crippen molar-refractivity contribution in [2.24, 2.45) is 0 Å². The van der Waals surface area contributed by atoms with Gasteiger partial charge in [0, 0.05) is 62.9 Å². The molecule has 4 heterocycles. The molecular formula is C27H26F3N7O. The van der Waals surface area contributed by atoms with Gasteiger partial charge < -0.3 is 15.5 Å². The van der Waals surface area contributed by atoms with E-state index < -0.39 is 17.6 Å². The number of nitrogens with zero attached hydrogens (tertiary/aromatic N) is 4. The second-order valence-corrected chi connectivity index (χ2v) is 9.26. The Morgan fingerprint density at radius 3 is 2.74 bits per heavy atom. The highest BCUT2D eigenvalue weighted by atomic mass is 19.4. The first-order valence-electron chi connectivity index (χ1n) is 12.1. The van der Waals surface area contributed by atoms with Crippen LogP contribution >= 0.6 is 0 Å². The topological polar surface area (TPSA) is 89.2 Å². The number of carbonyl (C=O) groups excluding carboxylic acids is 1. The maximum Gasteiger partial charge on any atom is 0.416 e. The zero-order chi connectivity index (χ0) is 26.7. The van der Waals surface area contributed by atoms with Crippen molar-refractivity contribution in [2.75, 3.05) is 50.4 Å². The molecule has 196 valence electrons. The summed E-state index contributed by atoms with van der Waals surface area (Å²) in [6.07, 6.45) is 2.18. The fourth-order valence-electron chi connectivity index (χ4n) is 4.35. The number of carbonyl (C=O) groups is 1. The standard InChI is InChI=1S/C27H26F3N7O/c1-36-9-11-37(12-10-36)17-19-5-6-21(14-23(19)27(28,29)30)33-26(38)20-13-18(15-31-16-20)4-7-24-22-3-2-8-32-25(22)35-34-24/h2-3,5-6,13-16H,8-12,17H2,1H3,(H,33,38)(H2,32,34,35). The summed E-state index contributed by atoms with van der Waals surface area (Å²) >= 11 is 0. The lowest BCUT2D eigenvalue weighted by molar-refractivity contribution is -0.138. The van der Waals surface area contributed by atoms with Gasteiger partial charge in [-0.3, -0.25) is 19.8 Å². The lowest BCUT2D eigenvalue weighted by Crippen LogP contribution is -2.44. The molecule has 38 heavy (non-hydrogen) atoms. The molecule has 0 radical (unpaired) electrons. The molecule has 1 fully saturated rings. The molecule has 0 aliphatic carbocycles. The molecule has 3 N–H and O–H groups in total. The van der Waals surface area contributed by atoms with Crippen LogP contribution in [0.1, 0.15) is 38.3 Å². The van der Waals surface area contributed by atoms with Crippen LogP contribution in [0.4, 0.5) is 24.7 Å². The molecule has 2 aliphatic heterocycles. The van der Waals surface area contributed by atoms with Crippen molar-refractivity contribution in [2.45, 2.75) is 12.7 Å². The zero-order valence-corrected chi connectivity index (χ0v) is 20.7. The number of likely N-dealkylation sites (N-methyl/N-ethyl adjacent to an activating group) is 1. The Labute approximate surface area is 217 Å². The lowest BCUT2D eigenvalue weighted by Gasteiger charge is -2.33. The Balaban J connectivity index is 1.31. The average Bonchev–Trinajstić information content (AvgIpc) is 3.32. The van der Waals surface area contributed by atoms with E-state index in [2.05, 4.69) is 42.6 Å². The zero-order valence-electron chi connectivity index (χ0n) is 20.7. The lowest BCUT2D eigenvalue weighted by atomic mass is 10.0. The van der Waals surface area contributed by atoms with E-state index in [4.69, 9.17) is 0 Å². The number of hydrogen-bond acceptors (Lipinski definition) is 6. The van der Waals surface area contributed by atoms with Gasteiger partial charge in [-0.15, -0.1) is 0 Å². The first-order valence-corrected chi connectivity index (χ1v) is 12.1. The molecule has 11 heteroatoms. The highest BCUT2D eigenvalue weighted by molar-refractivity contribution is 6.04. The monoisotopic (exact) mass is 521 g/mol. The van der Waals surface area contributed by atoms with Crippen LogP contribution in [-0.4, -0.2) is 70.7 Å². The third-order valence-electron chi connectivity index (χ3n) is 6.47. The van der Waals surface area contributed by atoms with Crippen molar-refractivity contribution in [1.82, 2.24) is 25.0 Å². The SMILES string of the molecule is CN1CCN(Cc2ccc(NC(=O)c3cncc(C#Cc4n[nH]c5c4C=CCN5)c3)cc2C(F)(F)F)CC1. The largest absolute Gasteiger partial charge is 0.416 e. The van der Waals surface area contributed by atoms with E-state index in [0.29, 0.717) is 30.9 Å². The van der Waals surface area contributed by atoms with Crippen LogP contribution in [0.5, 0.6) is 0 Å². The quantitative estimate of drug-likeness (QED) is 0.454. The van der Waals surface area contributed by atoms with E-state index in [1.54, 1.807) is 0 Å². The summed E-state index contributed by atoms with van der Waals surface area (Å²) in [6, 6.07) is 5.46. The van der Waals surface area contributed by atoms with E-state index >= 15 is 0 Å². The smallest absolute Gasteiger partial charge is 0.366 e. The van der Waals surface area contributed by atoms with Crippen molar-refractivity contribution in [3.63, 3.8) is 0 Å². The molecule has 8 nitrogen and oxygen atoms in total. The predicted molar refractivity (Wildman–Crippen MR) is 138 cm³/mol. The number of amides is 1. The first-order chi connectivity index (χ1) is 18.3. The van der Waals surface area contributed by atoms with Gasteiger partial charge in [-0.05, 0) is 36.7 Å². The number of nitrogens with one attached hydrogen (secondary N) is 3. The van der Waals surface area contributed by atoms with Crippen LogP contribution in [0.2, 0.25) is 0 Å². The summed E-state index contributed by atoms with van der Waals surface area (Å²) < 4.78 is 41.7. The molecular weight excluding hydrogens is 495 g/mol. The molecule has 1 aromatic carbocycles. The second-order valence-electron chi connectivity index (χ2n) is 9.26. The van der Waals surface area contributed by atoms with Crippen molar-refractivity contribution in [1.29, 1.82) is 0 Å². The van der Waals surface area contributed by atoms with Crippen LogP contribution in [0.25, 0.3) is 6.08 Å². The van der Waals surface area contributed by atoms with E-state index in [9.17, 15) is 18.0 Å². The van der Waals surface area contributed by atoms with Gasteiger partial charge in [-0.25, -0.2) is 0 Å². The Bertz CT molecular complexity index is 1430. The summed E-state index contributed by atoms with van der Waals surface area (Å²) in [5.74, 6) is 6.11. The number of halogens is 3. The minimum absolute atomic E-state index is 0.0587. The third-order valence-corrected chi connectivity index (χ3v) is 6.47. The van der Waals surface area contributed by atoms with Crippen LogP contribution < -0.4 is 10.6 Å². The van der Waals surface area contributed by atoms with Gasteiger partial charge in [-0.1, -0.05) is 24.1 Å². The molecule has 0 atom stereocenters. The number of anilines is 2. The minimum atomic E-state index is -4.55. The summed E-state index contributed by atoms with van der Waals surface area (Å²) in [5, 5.41) is 12.8. The van der Waals surface area contributed by atoms with Crippen molar-refractivity contribution < 1.29 is 18.0 Å². The van der Waals surface area contributed by atoms with Gasteiger partial charge in [0.2, 0.25) is 0 Å². The number of hydrogen-bond donors (Lipinski definition) is 3. The number of alkyl halides is 3. The Morgan fingerprint density at radius 1 is 1.13 bits per heavy atom. The van der Waals surface area contributed by atoms with Gasteiger partial charge in [0.25, 0.3) is 5.91 Å². The van der Waals surface area contributed by atoms with Gasteiger partial charge in [0.15, 0.2) is 0 Å². The first kappa shape index (κ1) is 25.5. The van der Waals surface area contributed by atoms with Crippen molar-refractivity contribution in [3.8, 4) is 11.8 Å². The maximum atomic E-state index is 13.9. The number of aromatic amines is 1. The Morgan fingerprint density at radius 2 is 1.95 bits per heavy atom. The highest BCUT2D eigenvalue weighted by Gasteiger charge is 2.34. The van der Waals surface area contributed by atoms with Gasteiger partial charge in [-0.2, -0.15) is 18.3 Å². The summed E-state index contributed by atoms with van der Waals surface area (Å²) in [6.45, 7) is 3.93.